The number of carbonyl (C=O) groups excluding carboxylic acids is 1. The summed E-state index contributed by atoms with van der Waals surface area (Å²) in [5.74, 6) is -0.0617. The number of piperazine rings is 1. The van der Waals surface area contributed by atoms with Crippen LogP contribution in [0.1, 0.15) is 37.6 Å². The van der Waals surface area contributed by atoms with Crippen molar-refractivity contribution in [1.29, 1.82) is 0 Å². The molecule has 3 rings (SSSR count). The molecule has 0 bridgehead atoms. The molecule has 1 amide bonds. The molecule has 146 valence electrons. The average Bonchev–Trinajstić information content (AvgIpc) is 3.17. The maximum absolute atomic E-state index is 13.2. The van der Waals surface area contributed by atoms with E-state index in [0.29, 0.717) is 6.42 Å². The summed E-state index contributed by atoms with van der Waals surface area (Å²) in [6.07, 6.45) is 1.45. The van der Waals surface area contributed by atoms with Crippen molar-refractivity contribution in [3.8, 4) is 0 Å². The van der Waals surface area contributed by atoms with Gasteiger partial charge in [-0.25, -0.2) is 4.39 Å². The fraction of sp³-hybridized carbons (Fsp3) is 0.476. The second kappa shape index (κ2) is 9.33. The molecule has 4 nitrogen and oxygen atoms in total. The molecule has 0 saturated carbocycles. The molecule has 27 heavy (non-hydrogen) atoms. The summed E-state index contributed by atoms with van der Waals surface area (Å²) in [5.41, 5.74) is 1.08. The molecule has 1 saturated heterocycles. The van der Waals surface area contributed by atoms with E-state index >= 15 is 0 Å². The highest BCUT2D eigenvalue weighted by Crippen LogP contribution is 2.21. The summed E-state index contributed by atoms with van der Waals surface area (Å²) in [7, 11) is 0. The van der Waals surface area contributed by atoms with E-state index in [1.807, 2.05) is 19.1 Å². The Balaban J connectivity index is 1.67. The Morgan fingerprint density at radius 2 is 1.96 bits per heavy atom. The Labute approximate surface area is 165 Å². The minimum atomic E-state index is -0.197. The van der Waals surface area contributed by atoms with Gasteiger partial charge in [-0.2, -0.15) is 0 Å². The molecule has 0 spiro atoms. The molecule has 0 aliphatic carbocycles. The third-order valence-electron chi connectivity index (χ3n) is 5.25. The molecular formula is C21H29FN3OS+. The average molecular weight is 391 g/mol. The van der Waals surface area contributed by atoms with Crippen molar-refractivity contribution in [2.75, 3.05) is 31.1 Å². The number of nitrogens with zero attached hydrogens (tertiary/aromatic N) is 1. The Bertz CT molecular complexity index is 712. The van der Waals surface area contributed by atoms with Gasteiger partial charge in [0.15, 0.2) is 0 Å². The van der Waals surface area contributed by atoms with Gasteiger partial charge in [0.05, 0.1) is 37.1 Å². The summed E-state index contributed by atoms with van der Waals surface area (Å²) in [6, 6.07) is 11.4. The Morgan fingerprint density at radius 1 is 1.26 bits per heavy atom. The molecule has 2 N–H and O–H groups in total. The van der Waals surface area contributed by atoms with E-state index in [1.54, 1.807) is 11.3 Å². The van der Waals surface area contributed by atoms with Crippen molar-refractivity contribution < 1.29 is 14.1 Å². The van der Waals surface area contributed by atoms with Crippen molar-refractivity contribution in [2.24, 2.45) is 0 Å². The molecule has 1 aromatic carbocycles. The minimum Gasteiger partial charge on any atom is -0.360 e. The minimum absolute atomic E-state index is 0.0927. The first-order chi connectivity index (χ1) is 13.1. The predicted molar refractivity (Wildman–Crippen MR) is 109 cm³/mol. The van der Waals surface area contributed by atoms with Crippen LogP contribution in [0.5, 0.6) is 0 Å². The number of amides is 1. The number of hydrogen-bond acceptors (Lipinski definition) is 3. The molecular weight excluding hydrogens is 361 g/mol. The highest BCUT2D eigenvalue weighted by Gasteiger charge is 2.34. The molecule has 0 unspecified atom stereocenters. The van der Waals surface area contributed by atoms with Gasteiger partial charge in [-0.1, -0.05) is 13.0 Å². The fourth-order valence-corrected chi connectivity index (χ4v) is 4.91. The predicted octanol–water partition coefficient (Wildman–Crippen LogP) is 2.64. The van der Waals surface area contributed by atoms with Gasteiger partial charge in [0.1, 0.15) is 11.9 Å². The van der Waals surface area contributed by atoms with Crippen molar-refractivity contribution in [2.45, 2.75) is 38.8 Å². The molecule has 1 fully saturated rings. The number of anilines is 1. The normalized spacial score (nSPS) is 17.5. The SMILES string of the molecule is CCCC(=O)N[C@@H](C)[C@H](c1cccs1)[NH+]1CCN(c2ccc(F)cc2)CC1. The maximum Gasteiger partial charge on any atom is 0.220 e. The lowest BCUT2D eigenvalue weighted by Gasteiger charge is -2.39. The molecule has 2 aromatic rings. The second-order valence-corrected chi connectivity index (χ2v) is 8.20. The summed E-state index contributed by atoms with van der Waals surface area (Å²) in [6.45, 7) is 8.00. The maximum atomic E-state index is 13.2. The van der Waals surface area contributed by atoms with E-state index in [-0.39, 0.29) is 23.8 Å². The van der Waals surface area contributed by atoms with Gasteiger partial charge in [0.25, 0.3) is 0 Å². The van der Waals surface area contributed by atoms with Crippen LogP contribution in [0.25, 0.3) is 0 Å². The van der Waals surface area contributed by atoms with Crippen molar-refractivity contribution in [3.63, 3.8) is 0 Å². The quantitative estimate of drug-likeness (QED) is 0.763. The van der Waals surface area contributed by atoms with Crippen LogP contribution >= 0.6 is 11.3 Å². The standard InChI is InChI=1S/C21H28FN3OS/c1-3-5-20(26)23-16(2)21(19-6-4-15-27-19)25-13-11-24(12-14-25)18-9-7-17(22)8-10-18/h4,6-10,15-16,21H,3,5,11-14H2,1-2H3,(H,23,26)/p+1/t16-,21+/m0/s1. The Morgan fingerprint density at radius 3 is 2.56 bits per heavy atom. The number of carbonyl (C=O) groups is 1. The lowest BCUT2D eigenvalue weighted by atomic mass is 10.0. The van der Waals surface area contributed by atoms with Crippen LogP contribution in [0.3, 0.4) is 0 Å². The third-order valence-corrected chi connectivity index (χ3v) is 6.21. The summed E-state index contributed by atoms with van der Waals surface area (Å²) < 4.78 is 13.2. The zero-order chi connectivity index (χ0) is 19.2. The fourth-order valence-electron chi connectivity index (χ4n) is 3.92. The highest BCUT2D eigenvalue weighted by atomic mass is 32.1. The van der Waals surface area contributed by atoms with E-state index < -0.39 is 0 Å². The van der Waals surface area contributed by atoms with Gasteiger partial charge >= 0.3 is 0 Å². The summed E-state index contributed by atoms with van der Waals surface area (Å²) in [5, 5.41) is 5.32. The van der Waals surface area contributed by atoms with Gasteiger partial charge in [-0.15, -0.1) is 11.3 Å². The third kappa shape index (κ3) is 5.08. The number of halogens is 1. The molecule has 1 aromatic heterocycles. The van der Waals surface area contributed by atoms with Crippen LogP contribution in [0, 0.1) is 5.82 Å². The van der Waals surface area contributed by atoms with Crippen LogP contribution in [-0.4, -0.2) is 38.1 Å². The molecule has 2 heterocycles. The van der Waals surface area contributed by atoms with Crippen LogP contribution in [0.2, 0.25) is 0 Å². The lowest BCUT2D eigenvalue weighted by molar-refractivity contribution is -0.933. The molecule has 1 aliphatic rings. The van der Waals surface area contributed by atoms with Crippen LogP contribution in [-0.2, 0) is 4.79 Å². The molecule has 0 radical (unpaired) electrons. The Kier molecular flexibility index (Phi) is 6.85. The highest BCUT2D eigenvalue weighted by molar-refractivity contribution is 7.10. The monoisotopic (exact) mass is 390 g/mol. The number of nitrogens with one attached hydrogen (secondary N) is 2. The van der Waals surface area contributed by atoms with E-state index in [0.717, 1.165) is 38.3 Å². The van der Waals surface area contributed by atoms with Crippen molar-refractivity contribution in [3.05, 3.63) is 52.5 Å². The largest absolute Gasteiger partial charge is 0.360 e. The topological polar surface area (TPSA) is 36.8 Å². The van der Waals surface area contributed by atoms with Gasteiger partial charge in [-0.3, -0.25) is 4.79 Å². The van der Waals surface area contributed by atoms with E-state index in [4.69, 9.17) is 0 Å². The smallest absolute Gasteiger partial charge is 0.220 e. The van der Waals surface area contributed by atoms with E-state index in [1.165, 1.54) is 21.9 Å². The zero-order valence-corrected chi connectivity index (χ0v) is 16.9. The first-order valence-electron chi connectivity index (χ1n) is 9.76. The second-order valence-electron chi connectivity index (χ2n) is 7.22. The first kappa shape index (κ1) is 19.8. The van der Waals surface area contributed by atoms with Gasteiger partial charge in [-0.05, 0) is 49.1 Å². The number of quaternary nitrogens is 1. The van der Waals surface area contributed by atoms with Crippen LogP contribution in [0.15, 0.2) is 41.8 Å². The molecule has 2 atom stereocenters. The number of benzene rings is 1. The Hall–Kier alpha value is -1.92. The first-order valence-corrected chi connectivity index (χ1v) is 10.6. The van der Waals surface area contributed by atoms with E-state index in [2.05, 4.69) is 34.7 Å². The van der Waals surface area contributed by atoms with Gasteiger partial charge in [0.2, 0.25) is 5.91 Å². The van der Waals surface area contributed by atoms with Crippen LogP contribution < -0.4 is 15.1 Å². The van der Waals surface area contributed by atoms with Crippen molar-refractivity contribution in [1.82, 2.24) is 5.32 Å². The van der Waals surface area contributed by atoms with Crippen LogP contribution in [0.4, 0.5) is 10.1 Å². The number of hydrogen-bond donors (Lipinski definition) is 2. The van der Waals surface area contributed by atoms with Gasteiger partial charge in [0, 0.05) is 12.1 Å². The lowest BCUT2D eigenvalue weighted by Crippen LogP contribution is -3.16. The van der Waals surface area contributed by atoms with Gasteiger partial charge < -0.3 is 15.1 Å². The summed E-state index contributed by atoms with van der Waals surface area (Å²) >= 11 is 1.76. The summed E-state index contributed by atoms with van der Waals surface area (Å²) in [4.78, 5) is 17.3. The molecule has 6 heteroatoms. The number of rotatable bonds is 7. The molecule has 1 aliphatic heterocycles. The number of thiophene rings is 1. The zero-order valence-electron chi connectivity index (χ0n) is 16.1. The van der Waals surface area contributed by atoms with Crippen molar-refractivity contribution >= 4 is 22.9 Å². The van der Waals surface area contributed by atoms with E-state index in [9.17, 15) is 9.18 Å².